The Morgan fingerprint density at radius 1 is 0.415 bits per heavy atom. The van der Waals surface area contributed by atoms with Gasteiger partial charge in [-0.25, -0.2) is 8.78 Å². The Kier molecular flexibility index (Phi) is 30.3. The number of halogens is 3. The van der Waals surface area contributed by atoms with E-state index in [-0.39, 0.29) is 71.0 Å². The van der Waals surface area contributed by atoms with Crippen molar-refractivity contribution < 1.29 is 51.9 Å². The Morgan fingerprint density at radius 3 is 1.19 bits per heavy atom. The Hall–Kier alpha value is -12.3. The average Bonchev–Trinajstić information content (AvgIpc) is 1.63. The van der Waals surface area contributed by atoms with Crippen molar-refractivity contribution in [2.45, 2.75) is 145 Å². The Bertz CT molecular complexity index is 5720. The Balaban J connectivity index is 0.000000131. The quantitative estimate of drug-likeness (QED) is 0.0292. The van der Waals surface area contributed by atoms with Crippen LogP contribution in [0.3, 0.4) is 0 Å². The van der Waals surface area contributed by atoms with Crippen molar-refractivity contribution in [2.24, 2.45) is 17.8 Å². The van der Waals surface area contributed by atoms with Crippen LogP contribution in [0.5, 0.6) is 0 Å². The van der Waals surface area contributed by atoms with E-state index in [0.29, 0.717) is 124 Å². The number of imide groups is 1. The van der Waals surface area contributed by atoms with E-state index in [4.69, 9.17) is 11.6 Å². The highest BCUT2D eigenvalue weighted by Gasteiger charge is 2.55. The van der Waals surface area contributed by atoms with Crippen molar-refractivity contribution >= 4 is 97.9 Å². The molecule has 1 aliphatic carbocycles. The Labute approximate surface area is 796 Å². The fourth-order valence-electron chi connectivity index (χ4n) is 21.3. The molecular formula is C110H124ClF2N13O9. The number of benzene rings is 10. The minimum absolute atomic E-state index is 0.0325. The molecule has 4 N–H and O–H groups in total. The average molecular weight is 1850 g/mol. The summed E-state index contributed by atoms with van der Waals surface area (Å²) in [6, 6.07) is 84.5. The van der Waals surface area contributed by atoms with Gasteiger partial charge in [0.2, 0.25) is 23.6 Å². The molecule has 6 amide bonds. The lowest BCUT2D eigenvalue weighted by Gasteiger charge is -2.43. The lowest BCUT2D eigenvalue weighted by Crippen LogP contribution is -2.57. The van der Waals surface area contributed by atoms with E-state index in [9.17, 15) is 51.9 Å². The fourth-order valence-corrected chi connectivity index (χ4v) is 21.4. The largest absolute Gasteiger partial charge is 0.339 e. The van der Waals surface area contributed by atoms with Crippen LogP contribution in [0.25, 0.3) is 10.8 Å². The molecule has 8 heterocycles. The molecular weight excluding hydrogens is 1720 g/mol. The zero-order valence-electron chi connectivity index (χ0n) is 77.8. The molecule has 1 saturated carbocycles. The van der Waals surface area contributed by atoms with Gasteiger partial charge in [0.05, 0.1) is 26.7 Å². The van der Waals surface area contributed by atoms with E-state index in [1.54, 1.807) is 36.4 Å². The van der Waals surface area contributed by atoms with E-state index < -0.39 is 28.1 Å². The van der Waals surface area contributed by atoms with Gasteiger partial charge in [-0.3, -0.25) is 48.1 Å². The minimum Gasteiger partial charge on any atom is -0.339 e. The summed E-state index contributed by atoms with van der Waals surface area (Å²) in [5, 5.41) is 15.0. The van der Waals surface area contributed by atoms with Gasteiger partial charge in [-0.05, 0) is 203 Å². The summed E-state index contributed by atoms with van der Waals surface area (Å²) in [4.78, 5) is 136. The zero-order chi connectivity index (χ0) is 94.4. The van der Waals surface area contributed by atoms with Gasteiger partial charge in [0, 0.05) is 166 Å². The number of Topliss-reactive ketones (excluding diaryl/α,β-unsaturated/α-hetero) is 3. The van der Waals surface area contributed by atoms with Gasteiger partial charge in [0.15, 0.2) is 11.6 Å². The number of ketones is 3. The maximum absolute atomic E-state index is 13.5. The van der Waals surface area contributed by atoms with Crippen molar-refractivity contribution in [1.29, 1.82) is 0 Å². The van der Waals surface area contributed by atoms with Crippen LogP contribution in [0.15, 0.2) is 267 Å². The van der Waals surface area contributed by atoms with Crippen LogP contribution in [0, 0.1) is 24.7 Å². The smallest absolute Gasteiger partial charge is 0.270 e. The third-order valence-corrected chi connectivity index (χ3v) is 29.4. The second-order valence-corrected chi connectivity index (χ2v) is 38.6. The van der Waals surface area contributed by atoms with Gasteiger partial charge >= 0.3 is 0 Å². The molecule has 0 bridgehead atoms. The first-order valence-corrected chi connectivity index (χ1v) is 48.3. The third-order valence-electron chi connectivity index (χ3n) is 29.2. The van der Waals surface area contributed by atoms with E-state index in [2.05, 4.69) is 135 Å². The summed E-state index contributed by atoms with van der Waals surface area (Å²) in [5.41, 5.74) is 6.71. The van der Waals surface area contributed by atoms with Gasteiger partial charge < -0.3 is 60.5 Å². The number of hydrogen-bond donors (Lipinski definition) is 4. The summed E-state index contributed by atoms with van der Waals surface area (Å²) < 4.78 is 26.7. The van der Waals surface area contributed by atoms with Crippen molar-refractivity contribution in [3.63, 3.8) is 0 Å². The summed E-state index contributed by atoms with van der Waals surface area (Å²) in [5.74, 6) is -1.29. The standard InChI is InChI=1S/C30H31ClN4O3.C28H31N3O2.C27H33N3O2.C25H29F2N3O2/c1-22-7-9-23(10-8-22)27(36)34(28(37)24-11-13-25(31)14-12-24)20-19-33-17-15-30(16-18-33)29(38)32-21-35(30)26-5-3-2-4-6-26;1-21(17-26(32)24-12-11-22-7-5-6-8-23(22)18-24)19-30-15-13-28(14-16-30)27(33)29-20-31(28)25-9-3-2-4-10-25;1-20(16-25(31)24-17-23(24)21-8-4-2-5-9-21)18-29-14-12-27(13-15-29)26(32)28-19-30(27)22-10-6-3-7-11-22;1-24(26,27)20-11-9-19(10-12-20)22(31)8-5-15-29-16-13-25(14-17-29)23(32)28-18-30(25)21-6-3-2-4-7-21/h2-14H,15-21H2,1H3,(H,32,38);2-12,18,21H,13-17,19-20H2,1H3,(H,29,33);2-11,20,23-24H,12-19H2,1H3,(H,28,32);2-4,6-7,9-12H,5,8,13-18H2,1H3,(H,28,32)/t;21-;20-,23+,24?;/m.11./s1. The number of amides is 6. The summed E-state index contributed by atoms with van der Waals surface area (Å²) in [6.07, 6.45) is 9.37. The second kappa shape index (κ2) is 42.7. The number of piperidine rings is 4. The van der Waals surface area contributed by atoms with Crippen LogP contribution in [0.2, 0.25) is 5.02 Å². The molecule has 22 nitrogen and oxygen atoms in total. The molecule has 704 valence electrons. The van der Waals surface area contributed by atoms with Crippen molar-refractivity contribution in [1.82, 2.24) is 45.8 Å². The summed E-state index contributed by atoms with van der Waals surface area (Å²) in [6.45, 7) is 19.2. The number of likely N-dealkylation sites (tertiary alicyclic amines) is 4. The normalized spacial score (nSPS) is 19.9. The maximum Gasteiger partial charge on any atom is 0.270 e. The third kappa shape index (κ3) is 22.1. The molecule has 0 aromatic heterocycles. The maximum atomic E-state index is 13.5. The molecule has 10 aromatic rings. The van der Waals surface area contributed by atoms with Gasteiger partial charge in [0.1, 0.15) is 27.9 Å². The number of nitrogens with one attached hydrogen (secondary N) is 4. The Morgan fingerprint density at radius 2 is 0.770 bits per heavy atom. The van der Waals surface area contributed by atoms with Gasteiger partial charge in [-0.1, -0.05) is 207 Å². The van der Waals surface area contributed by atoms with Gasteiger partial charge in [-0.15, -0.1) is 0 Å². The summed E-state index contributed by atoms with van der Waals surface area (Å²) in [7, 11) is 0. The predicted octanol–water partition coefficient (Wildman–Crippen LogP) is 16.8. The van der Waals surface area contributed by atoms with Crippen LogP contribution < -0.4 is 40.9 Å². The fraction of sp³-hybridized carbons (Fsp3) is 0.391. The van der Waals surface area contributed by atoms with Crippen LogP contribution in [-0.2, 0) is 29.9 Å². The number of carbonyl (C=O) groups is 9. The molecule has 8 saturated heterocycles. The number of nitrogens with zero attached hydrogens (tertiary/aromatic N) is 9. The molecule has 25 heteroatoms. The molecule has 9 fully saturated rings. The molecule has 4 atom stereocenters. The zero-order valence-corrected chi connectivity index (χ0v) is 78.5. The molecule has 10 aromatic carbocycles. The van der Waals surface area contributed by atoms with E-state index in [1.807, 2.05) is 153 Å². The van der Waals surface area contributed by atoms with Crippen molar-refractivity contribution in [3.05, 3.63) is 311 Å². The van der Waals surface area contributed by atoms with E-state index in [0.717, 1.165) is 155 Å². The van der Waals surface area contributed by atoms with Crippen LogP contribution in [0.4, 0.5) is 31.5 Å². The van der Waals surface area contributed by atoms with Crippen molar-refractivity contribution in [3.8, 4) is 0 Å². The van der Waals surface area contributed by atoms with Crippen LogP contribution in [-0.4, -0.2) is 211 Å². The van der Waals surface area contributed by atoms with Gasteiger partial charge in [0.25, 0.3) is 17.7 Å². The molecule has 4 spiro atoms. The first-order valence-electron chi connectivity index (χ1n) is 47.9. The lowest BCUT2D eigenvalue weighted by molar-refractivity contribution is -0.126. The highest BCUT2D eigenvalue weighted by Crippen LogP contribution is 2.49. The van der Waals surface area contributed by atoms with E-state index >= 15 is 0 Å². The van der Waals surface area contributed by atoms with Crippen LogP contribution in [0.1, 0.15) is 168 Å². The first kappa shape index (κ1) is 95.8. The second-order valence-electron chi connectivity index (χ2n) is 38.2. The molecule has 8 aliphatic heterocycles. The van der Waals surface area contributed by atoms with Crippen molar-refractivity contribution in [2.75, 3.05) is 131 Å². The number of carbonyl (C=O) groups excluding carboxylic acids is 9. The number of aryl methyl sites for hydroxylation is 1. The van der Waals surface area contributed by atoms with E-state index in [1.165, 1.54) is 34.7 Å². The molecule has 0 radical (unpaired) electrons. The first-order chi connectivity index (χ1) is 65.3. The lowest BCUT2D eigenvalue weighted by atomic mass is 9.85. The topological polar surface area (TPSA) is 231 Å². The number of alkyl halides is 2. The number of para-hydroxylation sites is 4. The predicted molar refractivity (Wildman–Crippen MR) is 527 cm³/mol. The summed E-state index contributed by atoms with van der Waals surface area (Å²) >= 11 is 6.01. The minimum atomic E-state index is -2.90. The SMILES string of the molecule is CC(F)(F)c1ccc(C(=O)CCCN2CCC3(CC2)C(=O)NCN3c2ccccc2)cc1.C[C@H](CC(=O)C1C[C@H]1c1ccccc1)CN1CCC2(CC1)C(=O)NCN2c1ccccc1.C[C@H](CC(=O)c1ccc2ccccc2c1)CN1CCC2(CC1)C(=O)NCN2c1ccccc1.Cc1ccc(C(=O)N(CCN2CCC3(CC2)C(=O)NCN3c2ccccc2)C(=O)c2ccc(Cl)cc2)cc1. The molecule has 1 unspecified atom stereocenters. The number of hydrogen-bond acceptors (Lipinski definition) is 17. The number of anilines is 4. The highest BCUT2D eigenvalue weighted by molar-refractivity contribution is 6.30. The van der Waals surface area contributed by atoms with Gasteiger partial charge in [-0.2, -0.15) is 0 Å². The molecule has 135 heavy (non-hydrogen) atoms. The molecule has 9 aliphatic rings. The number of rotatable bonds is 26. The molecule has 19 rings (SSSR count). The highest BCUT2D eigenvalue weighted by atomic mass is 35.5. The monoisotopic (exact) mass is 1840 g/mol. The number of fused-ring (bicyclic) bond motifs is 1. The van der Waals surface area contributed by atoms with Crippen LogP contribution >= 0.6 is 11.6 Å².